The summed E-state index contributed by atoms with van der Waals surface area (Å²) in [4.78, 5) is 17.3. The van der Waals surface area contributed by atoms with E-state index >= 15 is 0 Å². The van der Waals surface area contributed by atoms with Gasteiger partial charge in [0.25, 0.3) is 5.56 Å². The summed E-state index contributed by atoms with van der Waals surface area (Å²) in [5.74, 6) is -1.47. The molecule has 0 aliphatic heterocycles. The maximum Gasteiger partial charge on any atom is 0.258 e. The third-order valence-electron chi connectivity index (χ3n) is 1.94. The van der Waals surface area contributed by atoms with Crippen molar-refractivity contribution in [2.24, 2.45) is 0 Å². The third kappa shape index (κ3) is 1.76. The fraction of sp³-hybridized carbons (Fsp3) is 0. The van der Waals surface area contributed by atoms with Crippen LogP contribution in [-0.2, 0) is 0 Å². The van der Waals surface area contributed by atoms with Crippen molar-refractivity contribution in [1.29, 1.82) is 0 Å². The van der Waals surface area contributed by atoms with Gasteiger partial charge in [-0.2, -0.15) is 0 Å². The van der Waals surface area contributed by atoms with Crippen molar-refractivity contribution in [3.63, 3.8) is 0 Å². The molecule has 76 valence electrons. The second-order valence-electron chi connectivity index (χ2n) is 2.92. The summed E-state index contributed by atoms with van der Waals surface area (Å²) >= 11 is 0. The highest BCUT2D eigenvalue weighted by atomic mass is 19.1. The molecule has 2 aromatic rings. The third-order valence-corrected chi connectivity index (χ3v) is 1.94. The Labute approximate surface area is 83.4 Å². The molecule has 3 nitrogen and oxygen atoms in total. The van der Waals surface area contributed by atoms with Crippen LogP contribution in [0, 0.1) is 11.6 Å². The number of aromatic nitrogens is 2. The van der Waals surface area contributed by atoms with E-state index in [2.05, 4.69) is 9.97 Å². The van der Waals surface area contributed by atoms with Crippen LogP contribution in [0.2, 0.25) is 0 Å². The Hall–Kier alpha value is -2.04. The molecule has 1 aromatic carbocycles. The summed E-state index contributed by atoms with van der Waals surface area (Å²) in [6.45, 7) is 0. The molecule has 0 saturated heterocycles. The molecule has 0 aliphatic carbocycles. The summed E-state index contributed by atoms with van der Waals surface area (Å²) in [7, 11) is 0. The Bertz CT molecular complexity index is 551. The number of rotatable bonds is 1. The molecule has 0 radical (unpaired) electrons. The molecule has 1 N–H and O–H groups in total. The van der Waals surface area contributed by atoms with Gasteiger partial charge in [0.1, 0.15) is 11.6 Å². The van der Waals surface area contributed by atoms with Crippen molar-refractivity contribution in [2.45, 2.75) is 0 Å². The molecule has 0 aliphatic rings. The van der Waals surface area contributed by atoms with Crippen LogP contribution >= 0.6 is 0 Å². The van der Waals surface area contributed by atoms with Crippen molar-refractivity contribution in [3.8, 4) is 11.1 Å². The van der Waals surface area contributed by atoms with E-state index < -0.39 is 17.2 Å². The Kier molecular flexibility index (Phi) is 2.29. The van der Waals surface area contributed by atoms with Crippen LogP contribution in [0.4, 0.5) is 8.78 Å². The van der Waals surface area contributed by atoms with Crippen LogP contribution in [0.1, 0.15) is 0 Å². The van der Waals surface area contributed by atoms with Crippen LogP contribution < -0.4 is 5.56 Å². The van der Waals surface area contributed by atoms with Crippen molar-refractivity contribution in [2.75, 3.05) is 0 Å². The van der Waals surface area contributed by atoms with Crippen molar-refractivity contribution >= 4 is 0 Å². The minimum absolute atomic E-state index is 0.0331. The van der Waals surface area contributed by atoms with Crippen molar-refractivity contribution in [1.82, 2.24) is 9.97 Å². The number of hydrogen-bond donors (Lipinski definition) is 1. The standard InChI is InChI=1S/C10H6F2N2O/c11-6-1-2-7(9(12)3-6)8-4-13-5-14-10(8)15/h1-5H,(H,13,14,15). The largest absolute Gasteiger partial charge is 0.313 e. The number of H-pyrrole nitrogens is 1. The number of aromatic amines is 1. The second kappa shape index (κ2) is 3.61. The lowest BCUT2D eigenvalue weighted by molar-refractivity contribution is 0.585. The first-order valence-electron chi connectivity index (χ1n) is 4.16. The molecular formula is C10H6F2N2O. The van der Waals surface area contributed by atoms with Crippen LogP contribution in [0.15, 0.2) is 35.5 Å². The molecule has 1 aromatic heterocycles. The number of benzene rings is 1. The van der Waals surface area contributed by atoms with E-state index in [4.69, 9.17) is 0 Å². The number of hydrogen-bond acceptors (Lipinski definition) is 2. The summed E-state index contributed by atoms with van der Waals surface area (Å²) in [6, 6.07) is 3.02. The number of halogens is 2. The zero-order valence-electron chi connectivity index (χ0n) is 7.50. The van der Waals surface area contributed by atoms with Gasteiger partial charge in [-0.05, 0) is 12.1 Å². The van der Waals surface area contributed by atoms with Gasteiger partial charge in [0, 0.05) is 17.8 Å². The molecule has 0 bridgehead atoms. The highest BCUT2D eigenvalue weighted by Gasteiger charge is 2.09. The van der Waals surface area contributed by atoms with Crippen LogP contribution in [0.5, 0.6) is 0 Å². The minimum Gasteiger partial charge on any atom is -0.313 e. The summed E-state index contributed by atoms with van der Waals surface area (Å²) < 4.78 is 25.9. The lowest BCUT2D eigenvalue weighted by Gasteiger charge is -2.00. The predicted molar refractivity (Wildman–Crippen MR) is 50.2 cm³/mol. The van der Waals surface area contributed by atoms with Gasteiger partial charge in [-0.25, -0.2) is 13.8 Å². The summed E-state index contributed by atoms with van der Waals surface area (Å²) in [6.07, 6.45) is 2.43. The maximum absolute atomic E-state index is 13.3. The minimum atomic E-state index is -0.784. The molecule has 0 fully saturated rings. The fourth-order valence-electron chi connectivity index (χ4n) is 1.24. The Morgan fingerprint density at radius 2 is 2.00 bits per heavy atom. The molecule has 0 amide bonds. The van der Waals surface area contributed by atoms with Gasteiger partial charge in [-0.1, -0.05) is 0 Å². The zero-order chi connectivity index (χ0) is 10.8. The summed E-state index contributed by atoms with van der Waals surface area (Å²) in [5, 5.41) is 0. The molecule has 5 heteroatoms. The first kappa shape index (κ1) is 9.51. The Balaban J connectivity index is 2.65. The van der Waals surface area contributed by atoms with E-state index in [1.807, 2.05) is 0 Å². The Morgan fingerprint density at radius 1 is 1.20 bits per heavy atom. The van der Waals surface area contributed by atoms with E-state index in [-0.39, 0.29) is 11.1 Å². The van der Waals surface area contributed by atoms with Gasteiger partial charge in [0.05, 0.1) is 11.9 Å². The number of nitrogens with one attached hydrogen (secondary N) is 1. The molecule has 0 unspecified atom stereocenters. The first-order chi connectivity index (χ1) is 7.18. The highest BCUT2D eigenvalue weighted by molar-refractivity contribution is 5.61. The van der Waals surface area contributed by atoms with Gasteiger partial charge >= 0.3 is 0 Å². The Morgan fingerprint density at radius 3 is 2.67 bits per heavy atom. The van der Waals surface area contributed by atoms with Gasteiger partial charge in [0.2, 0.25) is 0 Å². The monoisotopic (exact) mass is 208 g/mol. The first-order valence-corrected chi connectivity index (χ1v) is 4.16. The molecule has 0 saturated carbocycles. The van der Waals surface area contributed by atoms with E-state index in [0.717, 1.165) is 12.1 Å². The van der Waals surface area contributed by atoms with E-state index in [0.29, 0.717) is 0 Å². The van der Waals surface area contributed by atoms with E-state index in [9.17, 15) is 13.6 Å². The summed E-state index contributed by atoms with van der Waals surface area (Å²) in [5.41, 5.74) is -0.351. The molecule has 0 spiro atoms. The molecule has 0 atom stereocenters. The van der Waals surface area contributed by atoms with Crippen LogP contribution in [0.25, 0.3) is 11.1 Å². The van der Waals surface area contributed by atoms with Crippen LogP contribution in [0.3, 0.4) is 0 Å². The lowest BCUT2D eigenvalue weighted by atomic mass is 10.1. The fourth-order valence-corrected chi connectivity index (χ4v) is 1.24. The van der Waals surface area contributed by atoms with Gasteiger partial charge in [0.15, 0.2) is 0 Å². The number of nitrogens with zero attached hydrogens (tertiary/aromatic N) is 1. The van der Waals surface area contributed by atoms with Crippen LogP contribution in [-0.4, -0.2) is 9.97 Å². The topological polar surface area (TPSA) is 45.8 Å². The maximum atomic E-state index is 13.3. The molecular weight excluding hydrogens is 202 g/mol. The van der Waals surface area contributed by atoms with Crippen molar-refractivity contribution < 1.29 is 8.78 Å². The lowest BCUT2D eigenvalue weighted by Crippen LogP contribution is -2.09. The molecule has 1 heterocycles. The molecule has 2 rings (SSSR count). The normalized spacial score (nSPS) is 10.3. The van der Waals surface area contributed by atoms with E-state index in [1.165, 1.54) is 18.6 Å². The average molecular weight is 208 g/mol. The SMILES string of the molecule is O=c1[nH]cncc1-c1ccc(F)cc1F. The molecule has 15 heavy (non-hydrogen) atoms. The smallest absolute Gasteiger partial charge is 0.258 e. The van der Waals surface area contributed by atoms with Crippen molar-refractivity contribution in [3.05, 3.63) is 52.7 Å². The van der Waals surface area contributed by atoms with Gasteiger partial charge < -0.3 is 4.98 Å². The van der Waals surface area contributed by atoms with E-state index in [1.54, 1.807) is 0 Å². The van der Waals surface area contributed by atoms with Gasteiger partial charge in [-0.3, -0.25) is 4.79 Å². The van der Waals surface area contributed by atoms with Gasteiger partial charge in [-0.15, -0.1) is 0 Å². The predicted octanol–water partition coefficient (Wildman–Crippen LogP) is 1.72. The zero-order valence-corrected chi connectivity index (χ0v) is 7.50. The quantitative estimate of drug-likeness (QED) is 0.775. The highest BCUT2D eigenvalue weighted by Crippen LogP contribution is 2.18. The second-order valence-corrected chi connectivity index (χ2v) is 2.92. The average Bonchev–Trinajstić information content (AvgIpc) is 2.20.